The van der Waals surface area contributed by atoms with Crippen LogP contribution in [-0.2, 0) is 11.2 Å². The van der Waals surface area contributed by atoms with Crippen molar-refractivity contribution in [2.45, 2.75) is 6.42 Å². The maximum absolute atomic E-state index is 11.6. The molecule has 102 valence electrons. The van der Waals surface area contributed by atoms with Crippen molar-refractivity contribution < 1.29 is 4.79 Å². The van der Waals surface area contributed by atoms with Crippen molar-refractivity contribution in [2.75, 3.05) is 18.4 Å². The van der Waals surface area contributed by atoms with Crippen LogP contribution >= 0.6 is 0 Å². The van der Waals surface area contributed by atoms with Gasteiger partial charge in [0.2, 0.25) is 5.91 Å². The van der Waals surface area contributed by atoms with E-state index in [9.17, 15) is 4.79 Å². The Balaban J connectivity index is 1.68. The van der Waals surface area contributed by atoms with E-state index in [1.54, 1.807) is 36.8 Å². The smallest absolute Gasteiger partial charge is 0.239 e. The highest BCUT2D eigenvalue weighted by Crippen LogP contribution is 2.07. The predicted octanol–water partition coefficient (Wildman–Crippen LogP) is 1.05. The van der Waals surface area contributed by atoms with Gasteiger partial charge in [-0.1, -0.05) is 0 Å². The van der Waals surface area contributed by atoms with Gasteiger partial charge in [0.05, 0.1) is 24.5 Å². The number of H-pyrrole nitrogens is 1. The van der Waals surface area contributed by atoms with Crippen molar-refractivity contribution in [3.05, 3.63) is 48.0 Å². The van der Waals surface area contributed by atoms with Gasteiger partial charge in [-0.05, 0) is 24.3 Å². The molecule has 6 nitrogen and oxygen atoms in total. The molecular formula is C14H15N5O. The number of aromatic amines is 1. The molecule has 1 aromatic carbocycles. The van der Waals surface area contributed by atoms with Gasteiger partial charge in [0.25, 0.3) is 0 Å². The maximum Gasteiger partial charge on any atom is 0.239 e. The fourth-order valence-electron chi connectivity index (χ4n) is 1.67. The molecule has 0 spiro atoms. The second kappa shape index (κ2) is 6.95. The quantitative estimate of drug-likeness (QED) is 0.730. The van der Waals surface area contributed by atoms with Crippen molar-refractivity contribution in [3.8, 4) is 6.07 Å². The standard InChI is InChI=1S/C14H15N5O/c15-7-11-1-3-12(4-2-11)18-9-14(20)17-6-5-13-8-16-10-19-13/h1-4,8,10,18H,5-6,9H2,(H,16,19)(H,17,20). The van der Waals surface area contributed by atoms with Crippen LogP contribution in [0.1, 0.15) is 11.3 Å². The van der Waals surface area contributed by atoms with Crippen LogP contribution in [0.15, 0.2) is 36.8 Å². The minimum atomic E-state index is -0.0751. The fourth-order valence-corrected chi connectivity index (χ4v) is 1.67. The van der Waals surface area contributed by atoms with Crippen molar-refractivity contribution in [2.24, 2.45) is 0 Å². The van der Waals surface area contributed by atoms with Gasteiger partial charge in [0, 0.05) is 30.5 Å². The average Bonchev–Trinajstić information content (AvgIpc) is 2.99. The average molecular weight is 269 g/mol. The first-order valence-electron chi connectivity index (χ1n) is 6.26. The van der Waals surface area contributed by atoms with E-state index < -0.39 is 0 Å². The molecule has 1 amide bonds. The number of carbonyl (C=O) groups excluding carboxylic acids is 1. The highest BCUT2D eigenvalue weighted by Gasteiger charge is 2.01. The molecule has 0 atom stereocenters. The molecule has 0 aliphatic carbocycles. The van der Waals surface area contributed by atoms with Crippen molar-refractivity contribution in [1.82, 2.24) is 15.3 Å². The maximum atomic E-state index is 11.6. The van der Waals surface area contributed by atoms with Crippen LogP contribution in [0.25, 0.3) is 0 Å². The molecule has 0 saturated carbocycles. The molecule has 0 radical (unpaired) electrons. The predicted molar refractivity (Wildman–Crippen MR) is 74.9 cm³/mol. The molecule has 1 aromatic heterocycles. The second-order valence-corrected chi connectivity index (χ2v) is 4.22. The molecule has 2 aromatic rings. The minimum absolute atomic E-state index is 0.0751. The second-order valence-electron chi connectivity index (χ2n) is 4.22. The van der Waals surface area contributed by atoms with Crippen LogP contribution in [0.2, 0.25) is 0 Å². The van der Waals surface area contributed by atoms with Crippen molar-refractivity contribution >= 4 is 11.6 Å². The lowest BCUT2D eigenvalue weighted by Gasteiger charge is -2.07. The SMILES string of the molecule is N#Cc1ccc(NCC(=O)NCCc2cnc[nH]2)cc1. The Morgan fingerprint density at radius 3 is 2.80 bits per heavy atom. The lowest BCUT2D eigenvalue weighted by molar-refractivity contribution is -0.119. The number of hydrogen-bond donors (Lipinski definition) is 3. The summed E-state index contributed by atoms with van der Waals surface area (Å²) in [6.07, 6.45) is 4.08. The van der Waals surface area contributed by atoms with E-state index in [1.807, 2.05) is 6.07 Å². The zero-order chi connectivity index (χ0) is 14.2. The highest BCUT2D eigenvalue weighted by atomic mass is 16.1. The zero-order valence-electron chi connectivity index (χ0n) is 10.9. The first kappa shape index (κ1) is 13.6. The van der Waals surface area contributed by atoms with Crippen LogP contribution in [0.4, 0.5) is 5.69 Å². The van der Waals surface area contributed by atoms with E-state index in [2.05, 4.69) is 20.6 Å². The van der Waals surface area contributed by atoms with E-state index in [0.717, 1.165) is 17.8 Å². The summed E-state index contributed by atoms with van der Waals surface area (Å²) in [6, 6.07) is 9.01. The first-order valence-corrected chi connectivity index (χ1v) is 6.26. The van der Waals surface area contributed by atoms with Crippen molar-refractivity contribution in [3.63, 3.8) is 0 Å². The van der Waals surface area contributed by atoms with E-state index in [1.165, 1.54) is 0 Å². The minimum Gasteiger partial charge on any atom is -0.376 e. The molecule has 0 saturated heterocycles. The summed E-state index contributed by atoms with van der Waals surface area (Å²) in [5.74, 6) is -0.0751. The zero-order valence-corrected chi connectivity index (χ0v) is 10.9. The summed E-state index contributed by atoms with van der Waals surface area (Å²) < 4.78 is 0. The normalized spacial score (nSPS) is 9.75. The highest BCUT2D eigenvalue weighted by molar-refractivity contribution is 5.80. The third-order valence-electron chi connectivity index (χ3n) is 2.74. The fraction of sp³-hybridized carbons (Fsp3) is 0.214. The van der Waals surface area contributed by atoms with E-state index >= 15 is 0 Å². The summed E-state index contributed by atoms with van der Waals surface area (Å²) in [4.78, 5) is 18.5. The van der Waals surface area contributed by atoms with Gasteiger partial charge in [-0.3, -0.25) is 4.79 Å². The lowest BCUT2D eigenvalue weighted by atomic mass is 10.2. The number of carbonyl (C=O) groups is 1. The number of nitriles is 1. The monoisotopic (exact) mass is 269 g/mol. The number of nitrogens with one attached hydrogen (secondary N) is 3. The third kappa shape index (κ3) is 4.14. The van der Waals surface area contributed by atoms with Gasteiger partial charge in [-0.25, -0.2) is 4.98 Å². The largest absolute Gasteiger partial charge is 0.376 e. The number of aromatic nitrogens is 2. The number of imidazole rings is 1. The Hall–Kier alpha value is -2.81. The van der Waals surface area contributed by atoms with Crippen LogP contribution in [0.3, 0.4) is 0 Å². The Morgan fingerprint density at radius 1 is 1.35 bits per heavy atom. The molecular weight excluding hydrogens is 254 g/mol. The third-order valence-corrected chi connectivity index (χ3v) is 2.74. The molecule has 0 bridgehead atoms. The first-order chi connectivity index (χ1) is 9.78. The van der Waals surface area contributed by atoms with Gasteiger partial charge < -0.3 is 15.6 Å². The molecule has 20 heavy (non-hydrogen) atoms. The number of amides is 1. The summed E-state index contributed by atoms with van der Waals surface area (Å²) in [7, 11) is 0. The number of benzene rings is 1. The summed E-state index contributed by atoms with van der Waals surface area (Å²) in [5.41, 5.74) is 2.40. The number of nitrogens with zero attached hydrogens (tertiary/aromatic N) is 2. The van der Waals surface area contributed by atoms with E-state index in [4.69, 9.17) is 5.26 Å². The Labute approximate surface area is 116 Å². The summed E-state index contributed by atoms with van der Waals surface area (Å²) in [6.45, 7) is 0.769. The van der Waals surface area contributed by atoms with E-state index in [-0.39, 0.29) is 12.5 Å². The molecule has 0 unspecified atom stereocenters. The van der Waals surface area contributed by atoms with Gasteiger partial charge in [0.1, 0.15) is 0 Å². The number of hydrogen-bond acceptors (Lipinski definition) is 4. The van der Waals surface area contributed by atoms with Gasteiger partial charge in [0.15, 0.2) is 0 Å². The van der Waals surface area contributed by atoms with Crippen LogP contribution < -0.4 is 10.6 Å². The Morgan fingerprint density at radius 2 is 2.15 bits per heavy atom. The van der Waals surface area contributed by atoms with Crippen LogP contribution in [0, 0.1) is 11.3 Å². The Kier molecular flexibility index (Phi) is 4.73. The van der Waals surface area contributed by atoms with Gasteiger partial charge in [-0.2, -0.15) is 5.26 Å². The summed E-state index contributed by atoms with van der Waals surface area (Å²) in [5, 5.41) is 14.5. The summed E-state index contributed by atoms with van der Waals surface area (Å²) >= 11 is 0. The molecule has 1 heterocycles. The molecule has 0 aliphatic rings. The van der Waals surface area contributed by atoms with Crippen LogP contribution in [-0.4, -0.2) is 29.0 Å². The number of anilines is 1. The van der Waals surface area contributed by atoms with Crippen LogP contribution in [0.5, 0.6) is 0 Å². The molecule has 0 fully saturated rings. The lowest BCUT2D eigenvalue weighted by Crippen LogP contribution is -2.31. The van der Waals surface area contributed by atoms with E-state index in [0.29, 0.717) is 12.1 Å². The molecule has 6 heteroatoms. The van der Waals surface area contributed by atoms with Gasteiger partial charge >= 0.3 is 0 Å². The topological polar surface area (TPSA) is 93.6 Å². The molecule has 2 rings (SSSR count). The van der Waals surface area contributed by atoms with Crippen molar-refractivity contribution in [1.29, 1.82) is 5.26 Å². The molecule has 3 N–H and O–H groups in total. The molecule has 0 aliphatic heterocycles. The van der Waals surface area contributed by atoms with Gasteiger partial charge in [-0.15, -0.1) is 0 Å². The Bertz CT molecular complexity index is 583. The number of rotatable bonds is 6.